The van der Waals surface area contributed by atoms with Crippen molar-refractivity contribution in [3.63, 3.8) is 0 Å². The van der Waals surface area contributed by atoms with E-state index in [-0.39, 0.29) is 5.78 Å². The minimum absolute atomic E-state index is 0.134. The van der Waals surface area contributed by atoms with E-state index in [0.717, 1.165) is 23.0 Å². The van der Waals surface area contributed by atoms with Gasteiger partial charge in [-0.25, -0.2) is 0 Å². The van der Waals surface area contributed by atoms with Crippen LogP contribution in [-0.4, -0.2) is 23.9 Å². The molecule has 0 bridgehead atoms. The van der Waals surface area contributed by atoms with Gasteiger partial charge in [0.1, 0.15) is 0 Å². The van der Waals surface area contributed by atoms with Crippen molar-refractivity contribution in [3.05, 3.63) is 36.0 Å². The molecule has 0 aliphatic heterocycles. The van der Waals surface area contributed by atoms with Crippen LogP contribution in [0.25, 0.3) is 10.9 Å². The number of carbonyl (C=O) groups is 1. The minimum atomic E-state index is 0.134. The van der Waals surface area contributed by atoms with E-state index >= 15 is 0 Å². The Morgan fingerprint density at radius 1 is 1.40 bits per heavy atom. The quantitative estimate of drug-likeness (QED) is 0.744. The number of para-hydroxylation sites is 1. The maximum atomic E-state index is 11.8. The zero-order chi connectivity index (χ0) is 10.7. The van der Waals surface area contributed by atoms with E-state index in [2.05, 4.69) is 10.3 Å². The molecule has 0 saturated heterocycles. The summed E-state index contributed by atoms with van der Waals surface area (Å²) in [6.45, 7) is 3.20. The third-order valence-corrected chi connectivity index (χ3v) is 2.43. The van der Waals surface area contributed by atoms with Crippen LogP contribution in [-0.2, 0) is 0 Å². The first-order valence-corrected chi connectivity index (χ1v) is 5.13. The Morgan fingerprint density at radius 2 is 2.20 bits per heavy atom. The molecule has 2 rings (SSSR count). The molecular weight excluding hydrogens is 188 g/mol. The Balaban J connectivity index is 2.31. The standard InChI is InChI=1S/C12H14N2O/c1-2-13-8-12(15)10-7-14-11-6-4-3-5-9(10)11/h3-7,13-14H,2,8H2,1H3. The molecule has 1 aromatic heterocycles. The number of benzene rings is 1. The summed E-state index contributed by atoms with van der Waals surface area (Å²) in [5, 5.41) is 4.04. The molecule has 0 radical (unpaired) electrons. The lowest BCUT2D eigenvalue weighted by Gasteiger charge is -1.99. The smallest absolute Gasteiger partial charge is 0.178 e. The van der Waals surface area contributed by atoms with E-state index in [1.165, 1.54) is 0 Å². The average Bonchev–Trinajstić information content (AvgIpc) is 2.69. The molecule has 3 nitrogen and oxygen atoms in total. The predicted molar refractivity (Wildman–Crippen MR) is 61.2 cm³/mol. The number of H-pyrrole nitrogens is 1. The molecule has 15 heavy (non-hydrogen) atoms. The summed E-state index contributed by atoms with van der Waals surface area (Å²) in [4.78, 5) is 14.9. The molecule has 2 aromatic rings. The van der Waals surface area contributed by atoms with Crippen LogP contribution in [0.1, 0.15) is 17.3 Å². The summed E-state index contributed by atoms with van der Waals surface area (Å²) in [6, 6.07) is 7.84. The second-order valence-electron chi connectivity index (χ2n) is 3.45. The zero-order valence-electron chi connectivity index (χ0n) is 8.71. The van der Waals surface area contributed by atoms with Crippen LogP contribution in [0.2, 0.25) is 0 Å². The fourth-order valence-electron chi connectivity index (χ4n) is 1.64. The maximum absolute atomic E-state index is 11.8. The van der Waals surface area contributed by atoms with Crippen LogP contribution >= 0.6 is 0 Å². The Morgan fingerprint density at radius 3 is 3.00 bits per heavy atom. The number of rotatable bonds is 4. The molecule has 1 aromatic carbocycles. The molecule has 0 fully saturated rings. The van der Waals surface area contributed by atoms with Gasteiger partial charge in [0.25, 0.3) is 0 Å². The fraction of sp³-hybridized carbons (Fsp3) is 0.250. The molecule has 1 heterocycles. The number of ketones is 1. The van der Waals surface area contributed by atoms with Gasteiger partial charge in [-0.1, -0.05) is 25.1 Å². The molecule has 0 amide bonds. The minimum Gasteiger partial charge on any atom is -0.360 e. The van der Waals surface area contributed by atoms with E-state index in [4.69, 9.17) is 0 Å². The molecular formula is C12H14N2O. The van der Waals surface area contributed by atoms with Crippen molar-refractivity contribution in [1.29, 1.82) is 0 Å². The third-order valence-electron chi connectivity index (χ3n) is 2.43. The molecule has 0 unspecified atom stereocenters. The Labute approximate surface area is 88.5 Å². The Kier molecular flexibility index (Phi) is 2.83. The van der Waals surface area contributed by atoms with Gasteiger partial charge in [0.05, 0.1) is 6.54 Å². The molecule has 3 heteroatoms. The van der Waals surface area contributed by atoms with Crippen molar-refractivity contribution in [2.45, 2.75) is 6.92 Å². The summed E-state index contributed by atoms with van der Waals surface area (Å²) >= 11 is 0. The number of aromatic amines is 1. The first-order chi connectivity index (χ1) is 7.33. The fourth-order valence-corrected chi connectivity index (χ4v) is 1.64. The molecule has 0 saturated carbocycles. The van der Waals surface area contributed by atoms with Crippen molar-refractivity contribution in [3.8, 4) is 0 Å². The summed E-state index contributed by atoms with van der Waals surface area (Å²) in [6.07, 6.45) is 1.78. The van der Waals surface area contributed by atoms with Gasteiger partial charge < -0.3 is 10.3 Å². The highest BCUT2D eigenvalue weighted by Gasteiger charge is 2.10. The third kappa shape index (κ3) is 1.92. The number of hydrogen-bond donors (Lipinski definition) is 2. The molecule has 0 aliphatic carbocycles. The van der Waals surface area contributed by atoms with Crippen LogP contribution in [0, 0.1) is 0 Å². The van der Waals surface area contributed by atoms with Gasteiger partial charge in [0.15, 0.2) is 5.78 Å². The lowest BCUT2D eigenvalue weighted by atomic mass is 10.1. The number of likely N-dealkylation sites (N-methyl/N-ethyl adjacent to an activating group) is 1. The molecule has 78 valence electrons. The topological polar surface area (TPSA) is 44.9 Å². The number of Topliss-reactive ketones (excluding diaryl/α,β-unsaturated/α-hetero) is 1. The Hall–Kier alpha value is -1.61. The number of nitrogens with one attached hydrogen (secondary N) is 2. The second kappa shape index (κ2) is 4.28. The van der Waals surface area contributed by atoms with Gasteiger partial charge in [0.2, 0.25) is 0 Å². The maximum Gasteiger partial charge on any atom is 0.178 e. The van der Waals surface area contributed by atoms with E-state index in [0.29, 0.717) is 6.54 Å². The van der Waals surface area contributed by atoms with Crippen molar-refractivity contribution < 1.29 is 4.79 Å². The van der Waals surface area contributed by atoms with E-state index in [1.54, 1.807) is 6.20 Å². The van der Waals surface area contributed by atoms with Crippen molar-refractivity contribution in [2.75, 3.05) is 13.1 Å². The Bertz CT molecular complexity index is 473. The monoisotopic (exact) mass is 202 g/mol. The molecule has 0 atom stereocenters. The number of fused-ring (bicyclic) bond motifs is 1. The van der Waals surface area contributed by atoms with Gasteiger partial charge in [0, 0.05) is 22.7 Å². The van der Waals surface area contributed by atoms with Gasteiger partial charge in [-0.05, 0) is 12.6 Å². The van der Waals surface area contributed by atoms with Crippen LogP contribution in [0.4, 0.5) is 0 Å². The predicted octanol–water partition coefficient (Wildman–Crippen LogP) is 1.96. The largest absolute Gasteiger partial charge is 0.360 e. The van der Waals surface area contributed by atoms with Gasteiger partial charge in [-0.2, -0.15) is 0 Å². The van der Waals surface area contributed by atoms with Crippen molar-refractivity contribution >= 4 is 16.7 Å². The zero-order valence-corrected chi connectivity index (χ0v) is 8.71. The normalized spacial score (nSPS) is 10.7. The number of aromatic nitrogens is 1. The van der Waals surface area contributed by atoms with Crippen LogP contribution in [0.15, 0.2) is 30.5 Å². The lowest BCUT2D eigenvalue weighted by molar-refractivity contribution is 0.0993. The highest BCUT2D eigenvalue weighted by Crippen LogP contribution is 2.17. The average molecular weight is 202 g/mol. The lowest BCUT2D eigenvalue weighted by Crippen LogP contribution is -2.22. The summed E-state index contributed by atoms with van der Waals surface area (Å²) in [5.74, 6) is 0.134. The first kappa shape index (κ1) is 9.93. The van der Waals surface area contributed by atoms with E-state index in [1.807, 2.05) is 31.2 Å². The van der Waals surface area contributed by atoms with E-state index in [9.17, 15) is 4.79 Å². The van der Waals surface area contributed by atoms with E-state index < -0.39 is 0 Å². The molecule has 2 N–H and O–H groups in total. The molecule has 0 spiro atoms. The van der Waals surface area contributed by atoms with Gasteiger partial charge in [-0.15, -0.1) is 0 Å². The first-order valence-electron chi connectivity index (χ1n) is 5.13. The van der Waals surface area contributed by atoms with Crippen LogP contribution in [0.5, 0.6) is 0 Å². The van der Waals surface area contributed by atoms with Gasteiger partial charge >= 0.3 is 0 Å². The number of carbonyl (C=O) groups excluding carboxylic acids is 1. The highest BCUT2D eigenvalue weighted by atomic mass is 16.1. The van der Waals surface area contributed by atoms with Crippen LogP contribution in [0.3, 0.4) is 0 Å². The summed E-state index contributed by atoms with van der Waals surface area (Å²) < 4.78 is 0. The SMILES string of the molecule is CCNCC(=O)c1c[nH]c2ccccc12. The van der Waals surface area contributed by atoms with Crippen LogP contribution < -0.4 is 5.32 Å². The second-order valence-corrected chi connectivity index (χ2v) is 3.45. The summed E-state index contributed by atoms with van der Waals surface area (Å²) in [7, 11) is 0. The summed E-state index contributed by atoms with van der Waals surface area (Å²) in [5.41, 5.74) is 1.78. The number of hydrogen-bond acceptors (Lipinski definition) is 2. The molecule has 0 aliphatic rings. The highest BCUT2D eigenvalue weighted by molar-refractivity contribution is 6.08. The van der Waals surface area contributed by atoms with Crippen molar-refractivity contribution in [2.24, 2.45) is 0 Å². The van der Waals surface area contributed by atoms with Gasteiger partial charge in [-0.3, -0.25) is 4.79 Å². The van der Waals surface area contributed by atoms with Crippen molar-refractivity contribution in [1.82, 2.24) is 10.3 Å².